The summed E-state index contributed by atoms with van der Waals surface area (Å²) in [5.74, 6) is -5.57. The molecule has 1 N–H and O–H groups in total. The van der Waals surface area contributed by atoms with Crippen molar-refractivity contribution in [2.24, 2.45) is 0 Å². The van der Waals surface area contributed by atoms with Crippen molar-refractivity contribution >= 4 is 27.4 Å². The van der Waals surface area contributed by atoms with Crippen LogP contribution in [0.3, 0.4) is 0 Å². The van der Waals surface area contributed by atoms with E-state index in [9.17, 15) is 8.78 Å². The molecule has 148 valence electrons. The maximum Gasteiger partial charge on any atom is 0.162 e. The lowest BCUT2D eigenvalue weighted by atomic mass is 10.0. The Morgan fingerprint density at radius 2 is 2.14 bits per heavy atom. The van der Waals surface area contributed by atoms with Crippen LogP contribution in [0.5, 0.6) is 0 Å². The van der Waals surface area contributed by atoms with E-state index in [4.69, 9.17) is 17.9 Å². The summed E-state index contributed by atoms with van der Waals surface area (Å²) < 4.78 is 134. The predicted octanol–water partition coefficient (Wildman–Crippen LogP) is 5.17. The lowest BCUT2D eigenvalue weighted by molar-refractivity contribution is 0.211. The number of hydrogen-bond donors (Lipinski definition) is 1. The number of anilines is 1. The Balaban J connectivity index is 1.71. The monoisotopic (exact) mass is 415 g/mol. The van der Waals surface area contributed by atoms with E-state index in [1.54, 1.807) is 0 Å². The first-order valence-electron chi connectivity index (χ1n) is 14.9. The first kappa shape index (κ1) is 9.13. The van der Waals surface area contributed by atoms with Gasteiger partial charge in [0.25, 0.3) is 0 Å². The lowest BCUT2D eigenvalue weighted by Gasteiger charge is -2.32. The molecule has 0 saturated carbocycles. The van der Waals surface area contributed by atoms with Crippen molar-refractivity contribution in [3.05, 3.63) is 52.6 Å². The number of hydrogen-bond acceptors (Lipinski definition) is 5. The third kappa shape index (κ3) is 4.31. The number of piperidine rings is 1. The molecular weight excluding hydrogens is 378 g/mol. The van der Waals surface area contributed by atoms with E-state index < -0.39 is 66.8 Å². The summed E-state index contributed by atoms with van der Waals surface area (Å²) in [6.07, 6.45) is -1.03. The summed E-state index contributed by atoms with van der Waals surface area (Å²) >= 11 is 0.423. The van der Waals surface area contributed by atoms with E-state index in [2.05, 4.69) is 9.97 Å². The molecule has 3 heterocycles. The molecule has 0 radical (unpaired) electrons. The average Bonchev–Trinajstić information content (AvgIpc) is 3.16. The summed E-state index contributed by atoms with van der Waals surface area (Å²) in [7, 11) is 0. The highest BCUT2D eigenvalue weighted by atomic mass is 32.1. The molecule has 1 aliphatic heterocycles. The number of fused-ring (bicyclic) bond motifs is 1. The Bertz CT molecular complexity index is 1430. The molecule has 1 saturated heterocycles. The summed E-state index contributed by atoms with van der Waals surface area (Å²) in [6.45, 7) is -9.36. The van der Waals surface area contributed by atoms with Gasteiger partial charge in [-0.1, -0.05) is 13.7 Å². The molecule has 2 aromatic heterocycles. The molecule has 1 aliphatic rings. The fourth-order valence-corrected chi connectivity index (χ4v) is 3.66. The Kier molecular flexibility index (Phi) is 2.64. The largest absolute Gasteiger partial charge is 0.367 e. The molecule has 0 unspecified atom stereocenters. The van der Waals surface area contributed by atoms with Crippen LogP contribution in [0.15, 0.2) is 30.5 Å². The zero-order valence-corrected chi connectivity index (χ0v) is 15.3. The number of halogens is 2. The smallest absolute Gasteiger partial charge is 0.162 e. The summed E-state index contributed by atoms with van der Waals surface area (Å²) in [5.41, 5.74) is -0.265. The first-order chi connectivity index (χ1) is 18.6. The number of nitrogens with zero attached hydrogens (tertiary/aromatic N) is 3. The predicted molar refractivity (Wildman–Crippen MR) is 110 cm³/mol. The second kappa shape index (κ2) is 8.09. The van der Waals surface area contributed by atoms with Crippen LogP contribution < -0.4 is 5.31 Å². The van der Waals surface area contributed by atoms with Crippen LogP contribution in [-0.4, -0.2) is 34.0 Å². The average molecular weight is 416 g/mol. The van der Waals surface area contributed by atoms with Crippen molar-refractivity contribution in [3.63, 3.8) is 0 Å². The molecule has 4 nitrogen and oxygen atoms in total. The van der Waals surface area contributed by atoms with Crippen molar-refractivity contribution < 1.29 is 26.6 Å². The van der Waals surface area contributed by atoms with Gasteiger partial charge in [-0.25, -0.2) is 18.7 Å². The zero-order chi connectivity index (χ0) is 30.9. The van der Waals surface area contributed by atoms with Crippen molar-refractivity contribution in [1.82, 2.24) is 14.9 Å². The van der Waals surface area contributed by atoms with Gasteiger partial charge in [0.15, 0.2) is 1.41 Å². The molecule has 7 heteroatoms. The van der Waals surface area contributed by atoms with Crippen molar-refractivity contribution in [2.45, 2.75) is 45.0 Å². The fourth-order valence-electron chi connectivity index (χ4n) is 2.88. The van der Waals surface area contributed by atoms with Gasteiger partial charge in [-0.15, -0.1) is 11.3 Å². The Labute approximate surface area is 185 Å². The molecule has 28 heavy (non-hydrogen) atoms. The summed E-state index contributed by atoms with van der Waals surface area (Å²) in [5, 5.41) is 0.301. The maximum atomic E-state index is 13.7. The van der Waals surface area contributed by atoms with Gasteiger partial charge in [0.1, 0.15) is 30.0 Å². The number of rotatable bonds is 5. The van der Waals surface area contributed by atoms with E-state index in [0.29, 0.717) is 22.7 Å². The quantitative estimate of drug-likeness (QED) is 0.624. The molecule has 0 spiro atoms. The van der Waals surface area contributed by atoms with Crippen LogP contribution in [0.1, 0.15) is 59.3 Å². The minimum absolute atomic E-state index is 0.136. The van der Waals surface area contributed by atoms with Crippen molar-refractivity contribution in [2.75, 3.05) is 18.4 Å². The number of likely N-dealkylation sites (tertiary alicyclic amines) is 1. The maximum absolute atomic E-state index is 13.7. The van der Waals surface area contributed by atoms with Crippen molar-refractivity contribution in [3.8, 4) is 0 Å². The van der Waals surface area contributed by atoms with Gasteiger partial charge in [0.05, 0.1) is 8.13 Å². The SMILES string of the molecule is [2H]c1nc(N([2H])C2([2H])CCN(C([2H])([2H])c3cc(F)cc(F)c3)CC2)c2c([2H])c(C([2H])(C([2H])([2H])[2H])C([2H])([2H])[2H])sc2n1. The summed E-state index contributed by atoms with van der Waals surface area (Å²) in [6, 6.07) is -0.183. The Hall–Kier alpha value is -2.12. The van der Waals surface area contributed by atoms with E-state index in [0.717, 1.165) is 12.1 Å². The molecule has 0 amide bonds. The van der Waals surface area contributed by atoms with Gasteiger partial charge in [-0.05, 0) is 42.5 Å². The van der Waals surface area contributed by atoms with Crippen LogP contribution in [-0.2, 0) is 6.50 Å². The topological polar surface area (TPSA) is 41.1 Å². The van der Waals surface area contributed by atoms with Crippen LogP contribution in [0.2, 0.25) is 1.41 Å². The number of nitrogens with one attached hydrogen (secondary N) is 1. The minimum Gasteiger partial charge on any atom is -0.367 e. The van der Waals surface area contributed by atoms with Gasteiger partial charge in [-0.2, -0.15) is 0 Å². The summed E-state index contributed by atoms with van der Waals surface area (Å²) in [4.78, 5) is 8.12. The highest BCUT2D eigenvalue weighted by Crippen LogP contribution is 2.33. The Morgan fingerprint density at radius 3 is 2.86 bits per heavy atom. The normalized spacial score (nSPS) is 25.9. The highest BCUT2D eigenvalue weighted by Gasteiger charge is 2.21. The van der Waals surface area contributed by atoms with Gasteiger partial charge in [0.2, 0.25) is 0 Å². The molecule has 0 bridgehead atoms. The highest BCUT2D eigenvalue weighted by molar-refractivity contribution is 7.18. The molecule has 0 atom stereocenters. The minimum atomic E-state index is -3.39. The van der Waals surface area contributed by atoms with E-state index >= 15 is 0 Å². The second-order valence-corrected chi connectivity index (χ2v) is 7.19. The molecule has 0 aliphatic carbocycles. The van der Waals surface area contributed by atoms with E-state index in [-0.39, 0.29) is 41.7 Å². The standard InChI is InChI=1S/C21H24F2N4S/c1-13(2)19-10-18-20(24-12-25-21(18)28-19)26-17-3-5-27(6-4-17)11-14-7-15(22)9-16(23)8-14/h7-10,12-13,17H,3-6,11H2,1-2H3,(H,24,25,26)/i1D3,2D3,10D,11D2,12D,13D,17D/hD. The number of thiophene rings is 1. The van der Waals surface area contributed by atoms with Crippen molar-refractivity contribution in [1.29, 1.82) is 0 Å². The van der Waals surface area contributed by atoms with Crippen LogP contribution in [0.25, 0.3) is 10.2 Å². The van der Waals surface area contributed by atoms with Gasteiger partial charge in [0, 0.05) is 48.9 Å². The van der Waals surface area contributed by atoms with Gasteiger partial charge < -0.3 is 5.31 Å². The number of aromatic nitrogens is 2. The second-order valence-electron chi connectivity index (χ2n) is 6.19. The molecule has 3 aromatic rings. The number of benzene rings is 1. The lowest BCUT2D eigenvalue weighted by Crippen LogP contribution is -2.38. The van der Waals surface area contributed by atoms with Gasteiger partial charge in [-0.3, -0.25) is 4.90 Å². The van der Waals surface area contributed by atoms with E-state index in [1.165, 1.54) is 4.90 Å². The third-order valence-electron chi connectivity index (χ3n) is 4.16. The van der Waals surface area contributed by atoms with Crippen LogP contribution >= 0.6 is 11.3 Å². The molecular formula is C21H24F2N4S. The van der Waals surface area contributed by atoms with Gasteiger partial charge >= 0.3 is 0 Å². The molecule has 1 fully saturated rings. The first-order valence-corrected chi connectivity index (χ1v) is 9.24. The van der Waals surface area contributed by atoms with Crippen LogP contribution in [0, 0.1) is 11.6 Å². The fraction of sp³-hybridized carbons (Fsp3) is 0.429. The zero-order valence-electron chi connectivity index (χ0n) is 27.5. The van der Waals surface area contributed by atoms with Crippen LogP contribution in [0.4, 0.5) is 14.6 Å². The third-order valence-corrected chi connectivity index (χ3v) is 5.16. The molecule has 4 rings (SSSR count). The molecule has 1 aromatic carbocycles. The Morgan fingerprint density at radius 1 is 1.39 bits per heavy atom. The van der Waals surface area contributed by atoms with E-state index in [1.807, 2.05) is 0 Å².